The molecule has 1 amide bonds. The Kier molecular flexibility index (Phi) is 4.11. The van der Waals surface area contributed by atoms with E-state index in [1.807, 2.05) is 0 Å². The van der Waals surface area contributed by atoms with Gasteiger partial charge in [0.15, 0.2) is 5.82 Å². The molecule has 2 aromatic rings. The number of halogens is 2. The highest BCUT2D eigenvalue weighted by Gasteiger charge is 2.19. The Morgan fingerprint density at radius 1 is 1.45 bits per heavy atom. The molecule has 1 aromatic heterocycles. The van der Waals surface area contributed by atoms with E-state index in [-0.39, 0.29) is 33.7 Å². The lowest BCUT2D eigenvalue weighted by Gasteiger charge is -2.06. The average Bonchev–Trinajstić information content (AvgIpc) is 2.92. The van der Waals surface area contributed by atoms with Crippen molar-refractivity contribution in [1.29, 1.82) is 0 Å². The third-order valence-corrected chi connectivity index (χ3v) is 3.07. The quantitative estimate of drug-likeness (QED) is 0.647. The summed E-state index contributed by atoms with van der Waals surface area (Å²) in [6.07, 6.45) is 0. The molecule has 2 rings (SSSR count). The molecule has 0 saturated heterocycles. The van der Waals surface area contributed by atoms with E-state index in [1.165, 1.54) is 0 Å². The van der Waals surface area contributed by atoms with Crippen LogP contribution >= 0.6 is 23.2 Å². The fourth-order valence-electron chi connectivity index (χ4n) is 1.36. The molecule has 11 heteroatoms. The van der Waals surface area contributed by atoms with E-state index in [0.29, 0.717) is 0 Å². The Balaban J connectivity index is 2.22. The molecule has 0 aliphatic rings. The van der Waals surface area contributed by atoms with Crippen molar-refractivity contribution in [3.8, 4) is 0 Å². The smallest absolute Gasteiger partial charge is 0.271 e. The molecule has 1 aromatic carbocycles. The minimum Gasteiger partial charge on any atom is -0.345 e. The highest BCUT2D eigenvalue weighted by atomic mass is 35.5. The highest BCUT2D eigenvalue weighted by molar-refractivity contribution is 6.44. The van der Waals surface area contributed by atoms with Gasteiger partial charge in [-0.25, -0.2) is 0 Å². The summed E-state index contributed by atoms with van der Waals surface area (Å²) in [5, 5.41) is 25.8. The number of nitro benzene ring substituents is 1. The second-order valence-corrected chi connectivity index (χ2v) is 4.34. The zero-order chi connectivity index (χ0) is 14.7. The fraction of sp³-hybridized carbons (Fsp3) is 0.111. The van der Waals surface area contributed by atoms with Crippen LogP contribution in [0.25, 0.3) is 0 Å². The molecule has 0 atom stereocenters. The average molecular weight is 317 g/mol. The summed E-state index contributed by atoms with van der Waals surface area (Å²) >= 11 is 11.6. The van der Waals surface area contributed by atoms with E-state index < -0.39 is 10.8 Å². The molecule has 20 heavy (non-hydrogen) atoms. The number of nitrogens with one attached hydrogen (secondary N) is 2. The van der Waals surface area contributed by atoms with Crippen molar-refractivity contribution in [2.45, 2.75) is 6.54 Å². The first-order valence-electron chi connectivity index (χ1n) is 5.13. The van der Waals surface area contributed by atoms with Gasteiger partial charge in [-0.3, -0.25) is 14.9 Å². The number of nitro groups is 1. The van der Waals surface area contributed by atoms with Crippen molar-refractivity contribution in [2.24, 2.45) is 0 Å². The molecule has 0 unspecified atom stereocenters. The number of hydrogen-bond acceptors (Lipinski definition) is 6. The second kappa shape index (κ2) is 5.80. The molecule has 0 fully saturated rings. The van der Waals surface area contributed by atoms with Gasteiger partial charge in [0.1, 0.15) is 0 Å². The molecule has 0 bridgehead atoms. The maximum absolute atomic E-state index is 11.9. The topological polar surface area (TPSA) is 127 Å². The van der Waals surface area contributed by atoms with E-state index >= 15 is 0 Å². The third kappa shape index (κ3) is 3.00. The van der Waals surface area contributed by atoms with Gasteiger partial charge in [-0.1, -0.05) is 28.4 Å². The number of rotatable bonds is 4. The number of amides is 1. The molecule has 0 saturated carbocycles. The lowest BCUT2D eigenvalue weighted by Crippen LogP contribution is -2.24. The predicted molar refractivity (Wildman–Crippen MR) is 68.5 cm³/mol. The first-order chi connectivity index (χ1) is 9.49. The maximum Gasteiger partial charge on any atom is 0.271 e. The first kappa shape index (κ1) is 14.2. The molecular weight excluding hydrogens is 311 g/mol. The van der Waals surface area contributed by atoms with Crippen molar-refractivity contribution >= 4 is 34.8 Å². The van der Waals surface area contributed by atoms with E-state index in [9.17, 15) is 14.9 Å². The van der Waals surface area contributed by atoms with Crippen LogP contribution in [-0.2, 0) is 6.54 Å². The molecule has 0 aliphatic carbocycles. The zero-order valence-electron chi connectivity index (χ0n) is 9.63. The van der Waals surface area contributed by atoms with Crippen LogP contribution < -0.4 is 5.32 Å². The third-order valence-electron chi connectivity index (χ3n) is 2.26. The number of non-ortho nitro benzene ring substituents is 1. The van der Waals surface area contributed by atoms with Gasteiger partial charge in [0, 0.05) is 12.1 Å². The Morgan fingerprint density at radius 2 is 2.20 bits per heavy atom. The number of H-pyrrole nitrogens is 1. The van der Waals surface area contributed by atoms with Gasteiger partial charge in [-0.2, -0.15) is 5.21 Å². The van der Waals surface area contributed by atoms with Gasteiger partial charge in [0.05, 0.1) is 27.1 Å². The van der Waals surface area contributed by atoms with E-state index in [1.54, 1.807) is 0 Å². The molecule has 9 nitrogen and oxygen atoms in total. The van der Waals surface area contributed by atoms with E-state index in [4.69, 9.17) is 23.2 Å². The van der Waals surface area contributed by atoms with Crippen LogP contribution in [0, 0.1) is 10.1 Å². The minimum atomic E-state index is -0.668. The lowest BCUT2D eigenvalue weighted by atomic mass is 10.2. The van der Waals surface area contributed by atoms with Crippen molar-refractivity contribution in [1.82, 2.24) is 25.9 Å². The summed E-state index contributed by atoms with van der Waals surface area (Å²) in [4.78, 5) is 22.0. The highest BCUT2D eigenvalue weighted by Crippen LogP contribution is 2.30. The van der Waals surface area contributed by atoms with Crippen molar-refractivity contribution in [3.63, 3.8) is 0 Å². The molecular formula is C9H6Cl2N6O3. The number of aromatic nitrogens is 4. The van der Waals surface area contributed by atoms with Crippen LogP contribution in [0.5, 0.6) is 0 Å². The van der Waals surface area contributed by atoms with Crippen LogP contribution in [0.15, 0.2) is 12.1 Å². The van der Waals surface area contributed by atoms with Gasteiger partial charge in [-0.15, -0.1) is 10.2 Å². The van der Waals surface area contributed by atoms with E-state index in [2.05, 4.69) is 25.9 Å². The fourth-order valence-corrected chi connectivity index (χ4v) is 1.77. The number of nitrogens with zero attached hydrogens (tertiary/aromatic N) is 4. The van der Waals surface area contributed by atoms with Gasteiger partial charge >= 0.3 is 0 Å². The number of hydrogen-bond donors (Lipinski definition) is 2. The van der Waals surface area contributed by atoms with Gasteiger partial charge in [-0.05, 0) is 0 Å². The molecule has 0 spiro atoms. The monoisotopic (exact) mass is 316 g/mol. The SMILES string of the molecule is O=C(NCc1nn[nH]n1)c1cc([N+](=O)[O-])cc(Cl)c1Cl. The van der Waals surface area contributed by atoms with Crippen LogP contribution in [0.4, 0.5) is 5.69 Å². The Bertz CT molecular complexity index is 660. The summed E-state index contributed by atoms with van der Waals surface area (Å²) < 4.78 is 0. The summed E-state index contributed by atoms with van der Waals surface area (Å²) in [5.41, 5.74) is -0.432. The van der Waals surface area contributed by atoms with Crippen LogP contribution in [0.1, 0.15) is 16.2 Å². The van der Waals surface area contributed by atoms with Crippen LogP contribution in [0.3, 0.4) is 0 Å². The van der Waals surface area contributed by atoms with Gasteiger partial charge in [0.2, 0.25) is 0 Å². The zero-order valence-corrected chi connectivity index (χ0v) is 11.1. The number of carbonyl (C=O) groups is 1. The minimum absolute atomic E-state index is 0.00796. The van der Waals surface area contributed by atoms with Crippen molar-refractivity contribution in [3.05, 3.63) is 43.7 Å². The largest absolute Gasteiger partial charge is 0.345 e. The Morgan fingerprint density at radius 3 is 2.80 bits per heavy atom. The first-order valence-corrected chi connectivity index (χ1v) is 5.88. The van der Waals surface area contributed by atoms with Gasteiger partial charge in [0.25, 0.3) is 11.6 Å². The maximum atomic E-state index is 11.9. The van der Waals surface area contributed by atoms with Gasteiger partial charge < -0.3 is 5.32 Å². The molecule has 2 N–H and O–H groups in total. The second-order valence-electron chi connectivity index (χ2n) is 3.56. The molecule has 0 aliphatic heterocycles. The predicted octanol–water partition coefficient (Wildman–Crippen LogP) is 1.34. The molecule has 104 valence electrons. The van der Waals surface area contributed by atoms with Crippen LogP contribution in [-0.4, -0.2) is 31.5 Å². The van der Waals surface area contributed by atoms with Crippen molar-refractivity contribution in [2.75, 3.05) is 0 Å². The summed E-state index contributed by atoms with van der Waals surface area (Å²) in [6.45, 7) is -0.00796. The van der Waals surface area contributed by atoms with Crippen molar-refractivity contribution < 1.29 is 9.72 Å². The van der Waals surface area contributed by atoms with E-state index in [0.717, 1.165) is 12.1 Å². The summed E-state index contributed by atoms with van der Waals surface area (Å²) in [6, 6.07) is 2.11. The summed E-state index contributed by atoms with van der Waals surface area (Å²) in [5.74, 6) is -0.378. The lowest BCUT2D eigenvalue weighted by molar-refractivity contribution is -0.384. The Hall–Kier alpha value is -2.26. The number of tetrazole rings is 1. The Labute approximate surface area is 121 Å². The normalized spacial score (nSPS) is 10.3. The molecule has 1 heterocycles. The molecule has 0 radical (unpaired) electrons. The standard InChI is InChI=1S/C9H6Cl2N6O3/c10-6-2-4(17(19)20)1-5(8(6)11)9(18)12-3-7-13-15-16-14-7/h1-2H,3H2,(H,12,18)(H,13,14,15,16). The van der Waals surface area contributed by atoms with Crippen LogP contribution in [0.2, 0.25) is 10.0 Å². The number of carbonyl (C=O) groups excluding carboxylic acids is 1. The number of aromatic amines is 1. The summed E-state index contributed by atoms with van der Waals surface area (Å²) in [7, 11) is 0. The number of benzene rings is 1.